The summed E-state index contributed by atoms with van der Waals surface area (Å²) in [5, 5.41) is 9.65. The van der Waals surface area contributed by atoms with Crippen molar-refractivity contribution >= 4 is 5.97 Å². The van der Waals surface area contributed by atoms with Crippen LogP contribution in [0.15, 0.2) is 42.5 Å². The lowest BCUT2D eigenvalue weighted by molar-refractivity contribution is -0.138. The third kappa shape index (κ3) is 4.59. The average molecular weight is 312 g/mol. The van der Waals surface area contributed by atoms with Crippen LogP contribution in [0, 0.1) is 13.8 Å². The van der Waals surface area contributed by atoms with E-state index in [9.17, 15) is 9.90 Å². The van der Waals surface area contributed by atoms with E-state index in [1.54, 1.807) is 0 Å². The van der Waals surface area contributed by atoms with Crippen LogP contribution in [0.5, 0.6) is 5.75 Å². The minimum Gasteiger partial charge on any atom is -0.494 e. The Labute approximate surface area is 137 Å². The molecule has 0 bridgehead atoms. The van der Waals surface area contributed by atoms with E-state index in [1.165, 1.54) is 0 Å². The lowest BCUT2D eigenvalue weighted by Gasteiger charge is -2.16. The summed E-state index contributed by atoms with van der Waals surface area (Å²) in [6.45, 7) is 6.71. The fourth-order valence-electron chi connectivity index (χ4n) is 2.64. The van der Waals surface area contributed by atoms with Crippen molar-refractivity contribution < 1.29 is 14.6 Å². The molecule has 1 unspecified atom stereocenters. The summed E-state index contributed by atoms with van der Waals surface area (Å²) < 4.78 is 5.57. The molecule has 0 heterocycles. The maximum absolute atomic E-state index is 11.8. The molecule has 0 saturated heterocycles. The molecule has 2 aromatic rings. The molecule has 0 amide bonds. The first-order valence-electron chi connectivity index (χ1n) is 8.03. The molecule has 3 heteroatoms. The van der Waals surface area contributed by atoms with Gasteiger partial charge in [-0.2, -0.15) is 0 Å². The number of benzene rings is 2. The van der Waals surface area contributed by atoms with E-state index in [0.29, 0.717) is 13.0 Å². The fourth-order valence-corrected chi connectivity index (χ4v) is 2.64. The smallest absolute Gasteiger partial charge is 0.311 e. The molecule has 0 spiro atoms. The van der Waals surface area contributed by atoms with Gasteiger partial charge in [0.25, 0.3) is 0 Å². The summed E-state index contributed by atoms with van der Waals surface area (Å²) in [7, 11) is 0. The molecular weight excluding hydrogens is 288 g/mol. The van der Waals surface area contributed by atoms with Crippen LogP contribution < -0.4 is 4.74 Å². The van der Waals surface area contributed by atoms with Crippen molar-refractivity contribution in [3.05, 3.63) is 64.7 Å². The van der Waals surface area contributed by atoms with Gasteiger partial charge in [-0.25, -0.2) is 0 Å². The molecule has 0 radical (unpaired) electrons. The van der Waals surface area contributed by atoms with E-state index in [0.717, 1.165) is 34.4 Å². The van der Waals surface area contributed by atoms with Crippen LogP contribution in [0.25, 0.3) is 0 Å². The number of carboxylic acid groups (broad SMARTS) is 1. The Morgan fingerprint density at radius 1 is 1.13 bits per heavy atom. The molecule has 0 aromatic heterocycles. The van der Waals surface area contributed by atoms with Gasteiger partial charge < -0.3 is 9.84 Å². The molecule has 0 aliphatic carbocycles. The number of rotatable bonds is 7. The minimum absolute atomic E-state index is 0.480. The Morgan fingerprint density at radius 2 is 1.83 bits per heavy atom. The highest BCUT2D eigenvalue weighted by atomic mass is 16.5. The molecule has 0 saturated carbocycles. The van der Waals surface area contributed by atoms with Crippen LogP contribution in [-0.2, 0) is 11.2 Å². The van der Waals surface area contributed by atoms with Gasteiger partial charge in [0, 0.05) is 0 Å². The normalized spacial score (nSPS) is 12.0. The van der Waals surface area contributed by atoms with Crippen molar-refractivity contribution in [2.45, 2.75) is 39.5 Å². The zero-order chi connectivity index (χ0) is 16.8. The summed E-state index contributed by atoms with van der Waals surface area (Å²) in [5.41, 5.74) is 4.00. The maximum Gasteiger partial charge on any atom is 0.311 e. The second-order valence-electron chi connectivity index (χ2n) is 5.95. The van der Waals surface area contributed by atoms with E-state index in [2.05, 4.69) is 6.92 Å². The number of aliphatic carboxylic acids is 1. The Balaban J connectivity index is 2.19. The van der Waals surface area contributed by atoms with Gasteiger partial charge in [-0.3, -0.25) is 4.79 Å². The number of carboxylic acids is 1. The summed E-state index contributed by atoms with van der Waals surface area (Å²) >= 11 is 0. The number of carbonyl (C=O) groups is 1. The van der Waals surface area contributed by atoms with Crippen LogP contribution in [0.2, 0.25) is 0 Å². The Morgan fingerprint density at radius 3 is 2.43 bits per heavy atom. The molecule has 0 fully saturated rings. The largest absolute Gasteiger partial charge is 0.494 e. The molecular formula is C20H24O3. The lowest BCUT2D eigenvalue weighted by atomic mass is 9.88. The molecule has 0 aliphatic heterocycles. The van der Waals surface area contributed by atoms with Gasteiger partial charge in [-0.05, 0) is 55.5 Å². The van der Waals surface area contributed by atoms with Gasteiger partial charge in [-0.15, -0.1) is 0 Å². The quantitative estimate of drug-likeness (QED) is 0.818. The Hall–Kier alpha value is -2.29. The first kappa shape index (κ1) is 17.1. The summed E-state index contributed by atoms with van der Waals surface area (Å²) in [6.07, 6.45) is 1.45. The third-order valence-electron chi connectivity index (χ3n) is 3.94. The van der Waals surface area contributed by atoms with Gasteiger partial charge in [0.1, 0.15) is 5.75 Å². The monoisotopic (exact) mass is 312 g/mol. The summed E-state index contributed by atoms with van der Waals surface area (Å²) in [4.78, 5) is 11.8. The zero-order valence-corrected chi connectivity index (χ0v) is 14.0. The van der Waals surface area contributed by atoms with Crippen molar-refractivity contribution in [1.29, 1.82) is 0 Å². The Bertz CT molecular complexity index is 659. The van der Waals surface area contributed by atoms with Crippen LogP contribution in [0.3, 0.4) is 0 Å². The van der Waals surface area contributed by atoms with Crippen LogP contribution in [0.1, 0.15) is 41.5 Å². The van der Waals surface area contributed by atoms with E-state index in [4.69, 9.17) is 4.74 Å². The van der Waals surface area contributed by atoms with Crippen molar-refractivity contribution in [3.8, 4) is 5.75 Å². The molecule has 2 aromatic carbocycles. The summed E-state index contributed by atoms with van der Waals surface area (Å²) in [5.74, 6) is -0.489. The molecule has 2 rings (SSSR count). The Kier molecular flexibility index (Phi) is 5.80. The van der Waals surface area contributed by atoms with E-state index < -0.39 is 11.9 Å². The maximum atomic E-state index is 11.8. The van der Waals surface area contributed by atoms with Gasteiger partial charge in [0.2, 0.25) is 0 Å². The number of hydrogen-bond donors (Lipinski definition) is 1. The lowest BCUT2D eigenvalue weighted by Crippen LogP contribution is -2.16. The zero-order valence-electron chi connectivity index (χ0n) is 14.0. The molecule has 122 valence electrons. The highest BCUT2D eigenvalue weighted by molar-refractivity contribution is 5.77. The second-order valence-corrected chi connectivity index (χ2v) is 5.95. The molecule has 3 nitrogen and oxygen atoms in total. The number of ether oxygens (including phenoxy) is 1. The minimum atomic E-state index is -0.787. The van der Waals surface area contributed by atoms with E-state index >= 15 is 0 Å². The van der Waals surface area contributed by atoms with Crippen molar-refractivity contribution in [1.82, 2.24) is 0 Å². The third-order valence-corrected chi connectivity index (χ3v) is 3.94. The van der Waals surface area contributed by atoms with Crippen molar-refractivity contribution in [2.75, 3.05) is 6.61 Å². The second kappa shape index (κ2) is 7.82. The molecule has 1 N–H and O–H groups in total. The SMILES string of the molecule is CCCOc1ccc(CC(C(=O)O)c2cc(C)ccc2C)cc1. The van der Waals surface area contributed by atoms with E-state index in [1.807, 2.05) is 56.3 Å². The van der Waals surface area contributed by atoms with Gasteiger partial charge in [0.05, 0.1) is 12.5 Å². The number of aryl methyl sites for hydroxylation is 2. The van der Waals surface area contributed by atoms with Crippen LogP contribution in [0.4, 0.5) is 0 Å². The van der Waals surface area contributed by atoms with Crippen molar-refractivity contribution in [3.63, 3.8) is 0 Å². The van der Waals surface area contributed by atoms with Crippen LogP contribution in [-0.4, -0.2) is 17.7 Å². The van der Waals surface area contributed by atoms with Crippen molar-refractivity contribution in [2.24, 2.45) is 0 Å². The van der Waals surface area contributed by atoms with Gasteiger partial charge in [-0.1, -0.05) is 42.8 Å². The molecule has 0 aliphatic rings. The number of hydrogen-bond acceptors (Lipinski definition) is 2. The van der Waals surface area contributed by atoms with Gasteiger partial charge in [0.15, 0.2) is 0 Å². The summed E-state index contributed by atoms with van der Waals surface area (Å²) in [6, 6.07) is 13.7. The highest BCUT2D eigenvalue weighted by Crippen LogP contribution is 2.26. The predicted octanol–water partition coefficient (Wildman–Crippen LogP) is 4.50. The predicted molar refractivity (Wildman–Crippen MR) is 92.2 cm³/mol. The average Bonchev–Trinajstić information content (AvgIpc) is 2.54. The molecule has 23 heavy (non-hydrogen) atoms. The highest BCUT2D eigenvalue weighted by Gasteiger charge is 2.22. The van der Waals surface area contributed by atoms with E-state index in [-0.39, 0.29) is 0 Å². The standard InChI is InChI=1S/C20H24O3/c1-4-11-23-17-9-7-16(8-10-17)13-19(20(21)22)18-12-14(2)5-6-15(18)3/h5-10,12,19H,4,11,13H2,1-3H3,(H,21,22). The first-order valence-corrected chi connectivity index (χ1v) is 8.03. The first-order chi connectivity index (χ1) is 11.0. The topological polar surface area (TPSA) is 46.5 Å². The molecule has 1 atom stereocenters. The van der Waals surface area contributed by atoms with Crippen LogP contribution >= 0.6 is 0 Å². The fraction of sp³-hybridized carbons (Fsp3) is 0.350. The van der Waals surface area contributed by atoms with Gasteiger partial charge >= 0.3 is 5.97 Å².